The van der Waals surface area contributed by atoms with Crippen LogP contribution in [0, 0.1) is 24.1 Å². The fourth-order valence-electron chi connectivity index (χ4n) is 5.37. The highest BCUT2D eigenvalue weighted by Gasteiger charge is 2.25. The van der Waals surface area contributed by atoms with Crippen molar-refractivity contribution in [2.45, 2.75) is 70.5 Å². The van der Waals surface area contributed by atoms with Crippen LogP contribution >= 0.6 is 0 Å². The van der Waals surface area contributed by atoms with Gasteiger partial charge in [-0.3, -0.25) is 4.79 Å². The number of benzene rings is 2. The number of nitrogens with zero attached hydrogens (tertiary/aromatic N) is 2. The van der Waals surface area contributed by atoms with Gasteiger partial charge in [0.25, 0.3) is 5.91 Å². The minimum atomic E-state index is -0.263. The molecule has 2 unspecified atom stereocenters. The van der Waals surface area contributed by atoms with Crippen LogP contribution in [0.4, 0.5) is 4.39 Å². The van der Waals surface area contributed by atoms with Gasteiger partial charge in [-0.1, -0.05) is 6.07 Å². The molecular formula is C29H35FN2O3. The second-order valence-electron chi connectivity index (χ2n) is 9.82. The van der Waals surface area contributed by atoms with Gasteiger partial charge in [0.1, 0.15) is 5.82 Å². The van der Waals surface area contributed by atoms with Crippen molar-refractivity contribution in [2.24, 2.45) is 0 Å². The molecule has 0 bridgehead atoms. The highest BCUT2D eigenvalue weighted by molar-refractivity contribution is 5.96. The Hall–Kier alpha value is -2.75. The molecule has 0 N–H and O–H groups in total. The molecule has 0 spiro atoms. The van der Waals surface area contributed by atoms with E-state index in [9.17, 15) is 14.4 Å². The first-order valence-electron chi connectivity index (χ1n) is 12.8. The Balaban J connectivity index is 1.53. The summed E-state index contributed by atoms with van der Waals surface area (Å²) in [5, 5.41) is 9.51. The van der Waals surface area contributed by atoms with Crippen LogP contribution in [0.1, 0.15) is 82.6 Å². The number of nitriles is 1. The molecule has 2 aromatic carbocycles. The predicted molar refractivity (Wildman–Crippen MR) is 133 cm³/mol. The van der Waals surface area contributed by atoms with Crippen LogP contribution in [0.15, 0.2) is 30.3 Å². The van der Waals surface area contributed by atoms with E-state index >= 15 is 0 Å². The average Bonchev–Trinajstić information content (AvgIpc) is 2.87. The van der Waals surface area contributed by atoms with Gasteiger partial charge in [0.15, 0.2) is 6.29 Å². The Kier molecular flexibility index (Phi) is 8.54. The fourth-order valence-corrected chi connectivity index (χ4v) is 5.37. The Labute approximate surface area is 207 Å². The molecule has 1 saturated heterocycles. The number of rotatable bonds is 8. The molecule has 1 amide bonds. The minimum Gasteiger partial charge on any atom is -0.353 e. The van der Waals surface area contributed by atoms with Crippen molar-refractivity contribution >= 4 is 5.91 Å². The number of fused-ring (bicyclic) bond motifs is 1. The molecule has 0 aromatic heterocycles. The lowest BCUT2D eigenvalue weighted by Gasteiger charge is -2.29. The lowest BCUT2D eigenvalue weighted by Crippen LogP contribution is -2.33. The van der Waals surface area contributed by atoms with Gasteiger partial charge in [-0.15, -0.1) is 0 Å². The molecule has 1 fully saturated rings. The Morgan fingerprint density at radius 3 is 2.80 bits per heavy atom. The molecule has 0 saturated carbocycles. The first-order valence-corrected chi connectivity index (χ1v) is 12.8. The van der Waals surface area contributed by atoms with Crippen molar-refractivity contribution < 1.29 is 18.7 Å². The van der Waals surface area contributed by atoms with E-state index in [2.05, 4.69) is 6.07 Å². The lowest BCUT2D eigenvalue weighted by atomic mass is 9.86. The van der Waals surface area contributed by atoms with Gasteiger partial charge < -0.3 is 14.4 Å². The van der Waals surface area contributed by atoms with Gasteiger partial charge in [0, 0.05) is 31.7 Å². The molecule has 35 heavy (non-hydrogen) atoms. The number of likely N-dealkylation sites (N-methyl/N-ethyl adjacent to an activating group) is 1. The number of aryl methyl sites for hydroxylation is 2. The van der Waals surface area contributed by atoms with E-state index in [-0.39, 0.29) is 23.9 Å². The maximum atomic E-state index is 13.8. The van der Waals surface area contributed by atoms with Crippen LogP contribution in [0.2, 0.25) is 0 Å². The smallest absolute Gasteiger partial charge is 0.253 e. The van der Waals surface area contributed by atoms with Crippen molar-refractivity contribution in [1.82, 2.24) is 4.90 Å². The van der Waals surface area contributed by atoms with Crippen molar-refractivity contribution in [1.29, 1.82) is 5.26 Å². The molecule has 1 heterocycles. The standard InChI is InChI=1S/C29H35FN2O3/c1-20-15-24(30)10-11-25(20)23(12-14-35-28-9-5-6-13-34-28)19-32(2)29(33)27-17-21(18-31)16-22-7-3-4-8-26(22)27/h10-11,15-17,23,28H,3-9,12-14,19H2,1-2H3. The number of hydrogen-bond acceptors (Lipinski definition) is 4. The zero-order chi connectivity index (χ0) is 24.8. The molecular weight excluding hydrogens is 443 g/mol. The molecule has 0 radical (unpaired) electrons. The highest BCUT2D eigenvalue weighted by atomic mass is 19.1. The van der Waals surface area contributed by atoms with Gasteiger partial charge in [-0.2, -0.15) is 5.26 Å². The van der Waals surface area contributed by atoms with E-state index in [0.717, 1.165) is 73.8 Å². The lowest BCUT2D eigenvalue weighted by molar-refractivity contribution is -0.163. The molecule has 186 valence electrons. The summed E-state index contributed by atoms with van der Waals surface area (Å²) in [6, 6.07) is 10.7. The Morgan fingerprint density at radius 2 is 2.06 bits per heavy atom. The number of carbonyl (C=O) groups is 1. The van der Waals surface area contributed by atoms with E-state index in [4.69, 9.17) is 9.47 Å². The van der Waals surface area contributed by atoms with Gasteiger partial charge in [0.2, 0.25) is 0 Å². The molecule has 1 aliphatic heterocycles. The molecule has 2 aromatic rings. The summed E-state index contributed by atoms with van der Waals surface area (Å²) in [6.45, 7) is 3.62. The summed E-state index contributed by atoms with van der Waals surface area (Å²) in [4.78, 5) is 15.4. The monoisotopic (exact) mass is 478 g/mol. The van der Waals surface area contributed by atoms with Gasteiger partial charge in [0.05, 0.1) is 18.2 Å². The largest absolute Gasteiger partial charge is 0.353 e. The van der Waals surface area contributed by atoms with Gasteiger partial charge in [-0.25, -0.2) is 4.39 Å². The van der Waals surface area contributed by atoms with Crippen LogP contribution in [0.3, 0.4) is 0 Å². The maximum absolute atomic E-state index is 13.8. The fraction of sp³-hybridized carbons (Fsp3) is 0.517. The van der Waals surface area contributed by atoms with Crippen LogP contribution in [0.5, 0.6) is 0 Å². The number of carbonyl (C=O) groups excluding carboxylic acids is 1. The van der Waals surface area contributed by atoms with E-state index in [1.807, 2.05) is 26.1 Å². The third-order valence-electron chi connectivity index (χ3n) is 7.25. The topological polar surface area (TPSA) is 62.6 Å². The maximum Gasteiger partial charge on any atom is 0.253 e. The summed E-state index contributed by atoms with van der Waals surface area (Å²) >= 11 is 0. The van der Waals surface area contributed by atoms with Crippen molar-refractivity contribution in [3.8, 4) is 6.07 Å². The summed E-state index contributed by atoms with van der Waals surface area (Å²) in [7, 11) is 1.81. The van der Waals surface area contributed by atoms with E-state index in [1.165, 1.54) is 6.07 Å². The van der Waals surface area contributed by atoms with Gasteiger partial charge >= 0.3 is 0 Å². The third-order valence-corrected chi connectivity index (χ3v) is 7.25. The molecule has 5 nitrogen and oxygen atoms in total. The molecule has 2 atom stereocenters. The summed E-state index contributed by atoms with van der Waals surface area (Å²) in [5.41, 5.74) is 5.27. The Bertz CT molecular complexity index is 1090. The molecule has 4 rings (SSSR count). The quantitative estimate of drug-likeness (QED) is 0.490. The van der Waals surface area contributed by atoms with E-state index in [0.29, 0.717) is 30.7 Å². The van der Waals surface area contributed by atoms with Crippen molar-refractivity contribution in [3.05, 3.63) is 69.5 Å². The molecule has 6 heteroatoms. The van der Waals surface area contributed by atoms with Crippen molar-refractivity contribution in [2.75, 3.05) is 26.8 Å². The first-order chi connectivity index (χ1) is 17.0. The first kappa shape index (κ1) is 25.3. The third kappa shape index (κ3) is 6.28. The number of hydrogen-bond donors (Lipinski definition) is 0. The highest BCUT2D eigenvalue weighted by Crippen LogP contribution is 2.29. The normalized spacial score (nSPS) is 18.4. The van der Waals surface area contributed by atoms with Crippen LogP contribution < -0.4 is 0 Å². The van der Waals surface area contributed by atoms with Crippen LogP contribution in [-0.4, -0.2) is 43.9 Å². The van der Waals surface area contributed by atoms with Crippen LogP contribution in [0.25, 0.3) is 0 Å². The van der Waals surface area contributed by atoms with Gasteiger partial charge in [-0.05, 0) is 105 Å². The number of halogens is 1. The summed E-state index contributed by atoms with van der Waals surface area (Å²) < 4.78 is 25.5. The average molecular weight is 479 g/mol. The SMILES string of the molecule is Cc1cc(F)ccc1C(CCOC1CCCCO1)CN(C)C(=O)c1cc(C#N)cc2c1CCCC2. The van der Waals surface area contributed by atoms with E-state index < -0.39 is 0 Å². The number of ether oxygens (including phenoxy) is 2. The Morgan fingerprint density at radius 1 is 1.23 bits per heavy atom. The van der Waals surface area contributed by atoms with Crippen molar-refractivity contribution in [3.63, 3.8) is 0 Å². The zero-order valence-corrected chi connectivity index (χ0v) is 20.8. The minimum absolute atomic E-state index is 0.0110. The second kappa shape index (κ2) is 11.8. The summed E-state index contributed by atoms with van der Waals surface area (Å²) in [5.74, 6) is -0.342. The molecule has 2 aliphatic rings. The zero-order valence-electron chi connectivity index (χ0n) is 20.8. The number of amides is 1. The predicted octanol–water partition coefficient (Wildman–Crippen LogP) is 5.67. The van der Waals surface area contributed by atoms with Crippen LogP contribution in [-0.2, 0) is 22.3 Å². The summed E-state index contributed by atoms with van der Waals surface area (Å²) in [6.07, 6.45) is 7.52. The molecule has 1 aliphatic carbocycles. The second-order valence-corrected chi connectivity index (χ2v) is 9.82. The van der Waals surface area contributed by atoms with E-state index in [1.54, 1.807) is 17.0 Å².